The van der Waals surface area contributed by atoms with Crippen LogP contribution in [-0.2, 0) is 23.9 Å². The molecule has 0 aromatic rings. The lowest BCUT2D eigenvalue weighted by atomic mass is 10.7. The van der Waals surface area contributed by atoms with Crippen LogP contribution < -0.4 is 5.32 Å². The monoisotopic (exact) mass is 345 g/mol. The number of methoxy groups -OCH3 is 2. The van der Waals surface area contributed by atoms with Crippen LogP contribution in [-0.4, -0.2) is 64.1 Å². The van der Waals surface area contributed by atoms with Gasteiger partial charge in [0.2, 0.25) is 5.91 Å². The number of carbonyl (C=O) groups excluding carboxylic acids is 3. The van der Waals surface area contributed by atoms with E-state index in [1.54, 1.807) is 46.2 Å². The van der Waals surface area contributed by atoms with Crippen LogP contribution in [0.25, 0.3) is 0 Å². The molecule has 0 fully saturated rings. The van der Waals surface area contributed by atoms with Crippen molar-refractivity contribution >= 4 is 40.5 Å². The van der Waals surface area contributed by atoms with Crippen molar-refractivity contribution < 1.29 is 23.9 Å². The predicted octanol–water partition coefficient (Wildman–Crippen LogP) is 2.07. The Morgan fingerprint density at radius 1 is 0.905 bits per heavy atom. The predicted molar refractivity (Wildman–Crippen MR) is 94.0 cm³/mol. The molecule has 1 amide bonds. The van der Waals surface area contributed by atoms with Gasteiger partial charge in [0.05, 0.1) is 7.11 Å². The number of thioether (sulfide) groups is 2. The number of ether oxygens (including phenoxy) is 2. The number of amides is 1. The summed E-state index contributed by atoms with van der Waals surface area (Å²) < 4.78 is 8.36. The van der Waals surface area contributed by atoms with E-state index >= 15 is 0 Å². The summed E-state index contributed by atoms with van der Waals surface area (Å²) in [6, 6.07) is 0. The summed E-state index contributed by atoms with van der Waals surface area (Å²) in [5, 5.41) is 2.56. The van der Waals surface area contributed by atoms with Gasteiger partial charge in [0.25, 0.3) is 0 Å². The Balaban J connectivity index is -0.0000000519. The molecule has 0 saturated heterocycles. The van der Waals surface area contributed by atoms with Gasteiger partial charge in [-0.3, -0.25) is 14.4 Å². The van der Waals surface area contributed by atoms with E-state index in [-0.39, 0.29) is 17.0 Å². The first-order valence-electron chi connectivity index (χ1n) is 5.72. The average molecular weight is 346 g/mol. The van der Waals surface area contributed by atoms with Crippen LogP contribution in [0.2, 0.25) is 0 Å². The van der Waals surface area contributed by atoms with E-state index in [1.807, 2.05) is 12.5 Å². The van der Waals surface area contributed by atoms with Crippen LogP contribution in [0.5, 0.6) is 0 Å². The van der Waals surface area contributed by atoms with Gasteiger partial charge in [-0.2, -0.15) is 11.8 Å². The fourth-order valence-electron chi connectivity index (χ4n) is 0. The van der Waals surface area contributed by atoms with Gasteiger partial charge in [0.15, 0.2) is 5.12 Å². The highest BCUT2D eigenvalue weighted by Crippen LogP contribution is 1.88. The Bertz CT molecular complexity index is 191. The van der Waals surface area contributed by atoms with Crippen molar-refractivity contribution in [3.05, 3.63) is 0 Å². The van der Waals surface area contributed by atoms with Gasteiger partial charge >= 0.3 is 5.97 Å². The molecular formula is C13H31NO5S2. The number of hydrogen-bond donors (Lipinski definition) is 1. The Kier molecular flexibility index (Phi) is 56.1. The molecule has 130 valence electrons. The first-order valence-corrected chi connectivity index (χ1v) is 8.58. The zero-order valence-corrected chi connectivity index (χ0v) is 16.5. The molecule has 0 unspecified atom stereocenters. The Hall–Kier alpha value is -0.730. The Morgan fingerprint density at radius 3 is 1.05 bits per heavy atom. The average Bonchev–Trinajstić information content (AvgIpc) is 2.41. The second-order valence-corrected chi connectivity index (χ2v) is 4.81. The van der Waals surface area contributed by atoms with E-state index in [0.29, 0.717) is 0 Å². The van der Waals surface area contributed by atoms with Crippen molar-refractivity contribution in [2.75, 3.05) is 47.1 Å². The van der Waals surface area contributed by atoms with Crippen molar-refractivity contribution in [1.29, 1.82) is 0 Å². The molecule has 0 aliphatic heterocycles. The largest absolute Gasteiger partial charge is 0.469 e. The number of nitrogens with one attached hydrogen (secondary N) is 1. The molecule has 0 aromatic carbocycles. The molecule has 0 aliphatic rings. The van der Waals surface area contributed by atoms with Crippen molar-refractivity contribution in [3.8, 4) is 0 Å². The summed E-state index contributed by atoms with van der Waals surface area (Å²) in [5.74, 6) is -0.241. The molecule has 0 heterocycles. The molecule has 21 heavy (non-hydrogen) atoms. The molecule has 0 radical (unpaired) electrons. The third kappa shape index (κ3) is 207. The maximum Gasteiger partial charge on any atom is 0.302 e. The highest BCUT2D eigenvalue weighted by molar-refractivity contribution is 8.12. The summed E-state index contributed by atoms with van der Waals surface area (Å²) in [4.78, 5) is 29.1. The molecule has 0 spiro atoms. The number of rotatable bonds is 0. The van der Waals surface area contributed by atoms with E-state index in [4.69, 9.17) is 0 Å². The normalized spacial score (nSPS) is 6.76. The molecule has 0 atom stereocenters. The topological polar surface area (TPSA) is 81.7 Å². The lowest BCUT2D eigenvalue weighted by Gasteiger charge is -1.80. The van der Waals surface area contributed by atoms with Gasteiger partial charge in [0.1, 0.15) is 0 Å². The van der Waals surface area contributed by atoms with Crippen molar-refractivity contribution in [3.63, 3.8) is 0 Å². The number of carbonyl (C=O) groups is 3. The van der Waals surface area contributed by atoms with Gasteiger partial charge in [-0.1, -0.05) is 11.8 Å². The maximum absolute atomic E-state index is 9.78. The maximum atomic E-state index is 9.78. The van der Waals surface area contributed by atoms with Crippen LogP contribution >= 0.6 is 23.5 Å². The minimum atomic E-state index is -0.245. The molecule has 6 nitrogen and oxygen atoms in total. The summed E-state index contributed by atoms with van der Waals surface area (Å²) in [5.41, 5.74) is 0. The summed E-state index contributed by atoms with van der Waals surface area (Å²) in [7, 11) is 6.20. The SMILES string of the molecule is CNC(C)=O.COC.COC(C)=O.CSC.CSC(C)=O. The molecule has 0 aliphatic carbocycles. The quantitative estimate of drug-likeness (QED) is 0.673. The lowest BCUT2D eigenvalue weighted by molar-refractivity contribution is -0.138. The molecule has 0 bridgehead atoms. The molecule has 0 rings (SSSR count). The fourth-order valence-corrected chi connectivity index (χ4v) is 0. The second-order valence-electron chi connectivity index (χ2n) is 3.01. The highest BCUT2D eigenvalue weighted by Gasteiger charge is 1.77. The zero-order chi connectivity index (χ0) is 18.3. The standard InChI is InChI=1S/C3H7NO.C3H6O2.C3H6OS.C2H6O.C2H6S/c1-3(5)4-2;2*1-3(4)5-2;2*1-3-2/h1-2H3,(H,4,5);2*1-2H3;2*1-2H3. The van der Waals surface area contributed by atoms with Gasteiger partial charge in [0, 0.05) is 42.0 Å². The fraction of sp³-hybridized carbons (Fsp3) is 0.769. The first kappa shape index (κ1) is 32.3. The molecule has 0 saturated carbocycles. The first-order chi connectivity index (χ1) is 9.64. The molecular weight excluding hydrogens is 314 g/mol. The Labute approximate surface area is 138 Å². The van der Waals surface area contributed by atoms with Gasteiger partial charge in [-0.15, -0.1) is 0 Å². The molecule has 1 N–H and O–H groups in total. The third-order valence-electron chi connectivity index (χ3n) is 0.927. The summed E-state index contributed by atoms with van der Waals surface area (Å²) in [6.45, 7) is 4.38. The van der Waals surface area contributed by atoms with Crippen molar-refractivity contribution in [2.24, 2.45) is 0 Å². The van der Waals surface area contributed by atoms with E-state index in [2.05, 4.69) is 14.8 Å². The van der Waals surface area contributed by atoms with Crippen LogP contribution in [0.4, 0.5) is 0 Å². The summed E-state index contributed by atoms with van der Waals surface area (Å²) >= 11 is 2.99. The minimum Gasteiger partial charge on any atom is -0.469 e. The number of hydrogen-bond acceptors (Lipinski definition) is 7. The van der Waals surface area contributed by atoms with E-state index in [1.165, 1.54) is 32.7 Å². The minimum absolute atomic E-state index is 0.00463. The van der Waals surface area contributed by atoms with Crippen molar-refractivity contribution in [2.45, 2.75) is 20.8 Å². The van der Waals surface area contributed by atoms with Crippen LogP contribution in [0.15, 0.2) is 0 Å². The lowest BCUT2D eigenvalue weighted by Crippen LogP contribution is -2.11. The van der Waals surface area contributed by atoms with Crippen LogP contribution in [0.1, 0.15) is 20.8 Å². The number of esters is 1. The second kappa shape index (κ2) is 36.5. The smallest absolute Gasteiger partial charge is 0.302 e. The zero-order valence-electron chi connectivity index (χ0n) is 14.9. The van der Waals surface area contributed by atoms with E-state index in [0.717, 1.165) is 0 Å². The van der Waals surface area contributed by atoms with Gasteiger partial charge in [-0.05, 0) is 18.8 Å². The van der Waals surface area contributed by atoms with Crippen molar-refractivity contribution in [1.82, 2.24) is 5.32 Å². The Morgan fingerprint density at radius 2 is 1.05 bits per heavy atom. The van der Waals surface area contributed by atoms with E-state index < -0.39 is 0 Å². The van der Waals surface area contributed by atoms with E-state index in [9.17, 15) is 14.4 Å². The van der Waals surface area contributed by atoms with Crippen LogP contribution in [0, 0.1) is 0 Å². The van der Waals surface area contributed by atoms with Gasteiger partial charge in [-0.25, -0.2) is 0 Å². The molecule has 8 heteroatoms. The van der Waals surface area contributed by atoms with Gasteiger partial charge < -0.3 is 14.8 Å². The third-order valence-corrected chi connectivity index (χ3v) is 1.50. The highest BCUT2D eigenvalue weighted by atomic mass is 32.2. The van der Waals surface area contributed by atoms with Crippen LogP contribution in [0.3, 0.4) is 0 Å². The molecule has 0 aromatic heterocycles. The summed E-state index contributed by atoms with van der Waals surface area (Å²) in [6.07, 6.45) is 5.85.